The summed E-state index contributed by atoms with van der Waals surface area (Å²) in [7, 11) is 4.15. The SMILES string of the molecule is COC(Nc1nc(N)nc(N)n1)(OC)OC.OCNc1nc(NCO)nc(NCO)n1. The molecule has 0 radical (unpaired) electrons. The number of nitrogens with zero attached hydrogens (tertiary/aromatic N) is 6. The second kappa shape index (κ2) is 13.0. The molecule has 0 atom stereocenters. The van der Waals surface area contributed by atoms with Gasteiger partial charge in [0.1, 0.15) is 20.2 Å². The van der Waals surface area contributed by atoms with Crippen LogP contribution in [0.3, 0.4) is 0 Å². The lowest BCUT2D eigenvalue weighted by atomic mass is 10.7. The Labute approximate surface area is 176 Å². The Bertz CT molecular complexity index is 707. The molecule has 0 saturated carbocycles. The van der Waals surface area contributed by atoms with Crippen molar-refractivity contribution in [1.82, 2.24) is 29.9 Å². The van der Waals surface area contributed by atoms with Crippen LogP contribution in [0, 0.1) is 0 Å². The van der Waals surface area contributed by atoms with Crippen LogP contribution in [0.4, 0.5) is 35.7 Å². The van der Waals surface area contributed by atoms with Crippen LogP contribution in [0.1, 0.15) is 0 Å². The van der Waals surface area contributed by atoms with E-state index in [0.29, 0.717) is 0 Å². The number of nitrogens with one attached hydrogen (secondary N) is 4. The minimum Gasteiger partial charge on any atom is -0.376 e. The van der Waals surface area contributed by atoms with E-state index in [-0.39, 0.29) is 55.9 Å². The Morgan fingerprint density at radius 2 is 1.00 bits per heavy atom. The molecule has 0 aliphatic heterocycles. The lowest BCUT2D eigenvalue weighted by Crippen LogP contribution is -2.44. The molecule has 18 nitrogen and oxygen atoms in total. The third-order valence-corrected chi connectivity index (χ3v) is 3.09. The van der Waals surface area contributed by atoms with Crippen LogP contribution in [-0.2, 0) is 14.2 Å². The number of hydrogen-bond acceptors (Lipinski definition) is 18. The third-order valence-electron chi connectivity index (χ3n) is 3.09. The van der Waals surface area contributed by atoms with Gasteiger partial charge in [-0.25, -0.2) is 0 Å². The van der Waals surface area contributed by atoms with Crippen LogP contribution >= 0.6 is 0 Å². The lowest BCUT2D eigenvalue weighted by Gasteiger charge is -2.28. The molecule has 174 valence electrons. The van der Waals surface area contributed by atoms with Gasteiger partial charge in [-0.2, -0.15) is 29.9 Å². The molecule has 0 aliphatic rings. The molecule has 0 saturated heterocycles. The molecule has 0 aromatic carbocycles. The van der Waals surface area contributed by atoms with Gasteiger partial charge < -0.3 is 56.9 Å². The van der Waals surface area contributed by atoms with Crippen LogP contribution in [0.2, 0.25) is 0 Å². The van der Waals surface area contributed by atoms with E-state index < -0.39 is 6.10 Å². The number of anilines is 6. The van der Waals surface area contributed by atoms with Gasteiger partial charge in [0.05, 0.1) is 0 Å². The van der Waals surface area contributed by atoms with Gasteiger partial charge in [0.15, 0.2) is 0 Å². The van der Waals surface area contributed by atoms with E-state index in [1.165, 1.54) is 21.3 Å². The highest BCUT2D eigenvalue weighted by Gasteiger charge is 2.31. The van der Waals surface area contributed by atoms with Crippen molar-refractivity contribution in [2.24, 2.45) is 0 Å². The number of aliphatic hydroxyl groups is 3. The van der Waals surface area contributed by atoms with E-state index in [2.05, 4.69) is 51.2 Å². The first-order valence-electron chi connectivity index (χ1n) is 8.36. The molecule has 0 amide bonds. The standard InChI is InChI=1S/C7H14N6O3.C6H12N6O3/c1-14-7(15-2,16-3)13-6-11-4(8)10-5(9)12-6;13-1-7-4-10-5(8-2-14)12-6(11-4)9-3-15/h1-3H3,(H5,8,9,10,11,12,13);13-15H,1-3H2,(H3,7,8,9,10,11,12). The van der Waals surface area contributed by atoms with E-state index in [1.54, 1.807) is 0 Å². The number of aromatic nitrogens is 6. The molecule has 31 heavy (non-hydrogen) atoms. The number of nitrogens with two attached hydrogens (primary N) is 2. The Morgan fingerprint density at radius 1 is 0.645 bits per heavy atom. The Kier molecular flexibility index (Phi) is 10.7. The lowest BCUT2D eigenvalue weighted by molar-refractivity contribution is -0.333. The molecular formula is C13H26N12O6. The van der Waals surface area contributed by atoms with Crippen molar-refractivity contribution < 1.29 is 29.5 Å². The fraction of sp³-hybridized carbons (Fsp3) is 0.538. The number of ether oxygens (including phenoxy) is 3. The summed E-state index contributed by atoms with van der Waals surface area (Å²) in [5.41, 5.74) is 10.8. The highest BCUT2D eigenvalue weighted by molar-refractivity contribution is 5.41. The maximum Gasteiger partial charge on any atom is 0.376 e. The average Bonchev–Trinajstić information content (AvgIpc) is 2.72. The molecule has 0 fully saturated rings. The number of nitrogen functional groups attached to an aromatic ring is 2. The predicted molar refractivity (Wildman–Crippen MR) is 108 cm³/mol. The Balaban J connectivity index is 0.000000311. The summed E-state index contributed by atoms with van der Waals surface area (Å²) in [5, 5.41) is 35.8. The molecule has 0 spiro atoms. The highest BCUT2D eigenvalue weighted by atomic mass is 16.9. The molecular weight excluding hydrogens is 420 g/mol. The van der Waals surface area contributed by atoms with Crippen LogP contribution in [0.15, 0.2) is 0 Å². The van der Waals surface area contributed by atoms with Gasteiger partial charge in [0.2, 0.25) is 35.7 Å². The molecule has 18 heteroatoms. The van der Waals surface area contributed by atoms with Crippen LogP contribution in [0.25, 0.3) is 0 Å². The van der Waals surface area contributed by atoms with E-state index in [1.807, 2.05) is 0 Å². The third kappa shape index (κ3) is 8.46. The number of hydrogen-bond donors (Lipinski definition) is 9. The second-order valence-electron chi connectivity index (χ2n) is 4.98. The Morgan fingerprint density at radius 3 is 1.29 bits per heavy atom. The molecule has 11 N–H and O–H groups in total. The van der Waals surface area contributed by atoms with Gasteiger partial charge in [-0.15, -0.1) is 0 Å². The predicted octanol–water partition coefficient (Wildman–Crippen LogP) is -3.04. The summed E-state index contributed by atoms with van der Waals surface area (Å²) in [6, 6.07) is 0. The molecule has 0 aliphatic carbocycles. The van der Waals surface area contributed by atoms with Crippen molar-refractivity contribution in [3.63, 3.8) is 0 Å². The van der Waals surface area contributed by atoms with E-state index >= 15 is 0 Å². The maximum atomic E-state index is 8.61. The summed E-state index contributed by atoms with van der Waals surface area (Å²) in [5.74, 6) is 0.410. The van der Waals surface area contributed by atoms with Crippen molar-refractivity contribution in [2.75, 3.05) is 74.3 Å². The van der Waals surface area contributed by atoms with Gasteiger partial charge in [-0.05, 0) is 0 Å². The quantitative estimate of drug-likeness (QED) is 0.155. The summed E-state index contributed by atoms with van der Waals surface area (Å²) in [6.45, 7) is -0.997. The molecule has 2 rings (SSSR count). The minimum atomic E-state index is -1.50. The van der Waals surface area contributed by atoms with E-state index in [9.17, 15) is 0 Å². The fourth-order valence-corrected chi connectivity index (χ4v) is 1.83. The zero-order valence-electron chi connectivity index (χ0n) is 17.0. The van der Waals surface area contributed by atoms with Crippen molar-refractivity contribution >= 4 is 35.7 Å². The molecule has 2 heterocycles. The smallest absolute Gasteiger partial charge is 0.376 e. The van der Waals surface area contributed by atoms with Gasteiger partial charge in [0, 0.05) is 21.3 Å². The molecule has 0 bridgehead atoms. The Hall–Kier alpha value is -3.42. The first-order valence-corrected chi connectivity index (χ1v) is 8.36. The van der Waals surface area contributed by atoms with Crippen LogP contribution in [-0.4, -0.2) is 92.8 Å². The molecule has 0 unspecified atom stereocenters. The number of methoxy groups -OCH3 is 3. The zero-order chi connectivity index (χ0) is 23.3. The number of aliphatic hydroxyl groups excluding tert-OH is 3. The maximum absolute atomic E-state index is 8.61. The van der Waals surface area contributed by atoms with Crippen molar-refractivity contribution in [3.8, 4) is 0 Å². The zero-order valence-corrected chi connectivity index (χ0v) is 17.0. The molecule has 2 aromatic rings. The average molecular weight is 446 g/mol. The minimum absolute atomic E-state index is 0.0211. The van der Waals surface area contributed by atoms with Gasteiger partial charge in [0.25, 0.3) is 0 Å². The van der Waals surface area contributed by atoms with Crippen molar-refractivity contribution in [3.05, 3.63) is 0 Å². The summed E-state index contributed by atoms with van der Waals surface area (Å²) >= 11 is 0. The summed E-state index contributed by atoms with van der Waals surface area (Å²) < 4.78 is 14.9. The monoisotopic (exact) mass is 446 g/mol. The van der Waals surface area contributed by atoms with Crippen molar-refractivity contribution in [1.29, 1.82) is 0 Å². The highest BCUT2D eigenvalue weighted by Crippen LogP contribution is 2.15. The van der Waals surface area contributed by atoms with E-state index in [4.69, 9.17) is 41.0 Å². The summed E-state index contributed by atoms with van der Waals surface area (Å²) in [6.07, 6.45) is -1.50. The van der Waals surface area contributed by atoms with E-state index in [0.717, 1.165) is 0 Å². The van der Waals surface area contributed by atoms with Gasteiger partial charge in [-0.1, -0.05) is 0 Å². The van der Waals surface area contributed by atoms with Crippen LogP contribution in [0.5, 0.6) is 0 Å². The molecule has 2 aromatic heterocycles. The van der Waals surface area contributed by atoms with Crippen molar-refractivity contribution in [2.45, 2.75) is 6.10 Å². The second-order valence-corrected chi connectivity index (χ2v) is 4.98. The normalized spacial score (nSPS) is 10.6. The fourth-order valence-electron chi connectivity index (χ4n) is 1.83. The first-order chi connectivity index (χ1) is 14.8. The topological polar surface area (TPSA) is 266 Å². The van der Waals surface area contributed by atoms with Gasteiger partial charge in [-0.3, -0.25) is 5.32 Å². The van der Waals surface area contributed by atoms with Crippen LogP contribution < -0.4 is 32.7 Å². The largest absolute Gasteiger partial charge is 0.376 e. The summed E-state index contributed by atoms with van der Waals surface area (Å²) in [4.78, 5) is 22.6. The van der Waals surface area contributed by atoms with Gasteiger partial charge >= 0.3 is 6.10 Å². The number of rotatable bonds is 11. The first kappa shape index (κ1) is 25.6.